The lowest BCUT2D eigenvalue weighted by molar-refractivity contribution is -0.0186. The maximum absolute atomic E-state index is 5.77. The first kappa shape index (κ1) is 24.6. The van der Waals surface area contributed by atoms with Crippen molar-refractivity contribution in [2.24, 2.45) is 0 Å². The third kappa shape index (κ3) is 11.0. The van der Waals surface area contributed by atoms with E-state index in [2.05, 4.69) is 0 Å². The van der Waals surface area contributed by atoms with Gasteiger partial charge in [-0.15, -0.1) is 0 Å². The van der Waals surface area contributed by atoms with Crippen LogP contribution in [0.25, 0.3) is 0 Å². The van der Waals surface area contributed by atoms with Crippen molar-refractivity contribution in [2.75, 3.05) is 99.6 Å². The van der Waals surface area contributed by atoms with Crippen molar-refractivity contribution >= 4 is 0 Å². The van der Waals surface area contributed by atoms with Crippen LogP contribution < -0.4 is 14.2 Å². The zero-order valence-corrected chi connectivity index (χ0v) is 17.8. The fourth-order valence-electron chi connectivity index (χ4n) is 2.55. The maximum Gasteiger partial charge on any atom is 0.203 e. The lowest BCUT2D eigenvalue weighted by Gasteiger charge is -2.15. The summed E-state index contributed by atoms with van der Waals surface area (Å²) < 4.78 is 49.8. The summed E-state index contributed by atoms with van der Waals surface area (Å²) in [6.07, 6.45) is 0. The van der Waals surface area contributed by atoms with Gasteiger partial charge in [0.15, 0.2) is 11.5 Å². The predicted molar refractivity (Wildman–Crippen MR) is 109 cm³/mol. The predicted octanol–water partition coefficient (Wildman–Crippen LogP) is 1.57. The molecule has 9 nitrogen and oxygen atoms in total. The molecule has 9 heteroatoms. The first-order valence-electron chi connectivity index (χ1n) is 10.3. The molecule has 1 aromatic carbocycles. The van der Waals surface area contributed by atoms with Crippen LogP contribution in [0, 0.1) is 0 Å². The van der Waals surface area contributed by atoms with E-state index >= 15 is 0 Å². The van der Waals surface area contributed by atoms with E-state index in [0.717, 1.165) is 0 Å². The van der Waals surface area contributed by atoms with E-state index < -0.39 is 0 Å². The van der Waals surface area contributed by atoms with Gasteiger partial charge in [0.2, 0.25) is 5.75 Å². The number of fused-ring (bicyclic) bond motifs is 2. The molecule has 0 N–H and O–H groups in total. The summed E-state index contributed by atoms with van der Waals surface area (Å²) in [6.45, 7) is 6.84. The minimum atomic E-state index is 0.395. The van der Waals surface area contributed by atoms with E-state index in [1.54, 1.807) is 7.11 Å². The van der Waals surface area contributed by atoms with Crippen molar-refractivity contribution in [3.05, 3.63) is 18.2 Å². The molecular weight excluding hydrogens is 396 g/mol. The number of para-hydroxylation sites is 1. The Morgan fingerprint density at radius 1 is 0.500 bits per heavy atom. The molecule has 0 amide bonds. The average molecular weight is 430 g/mol. The second-order valence-corrected chi connectivity index (χ2v) is 6.16. The summed E-state index contributed by atoms with van der Waals surface area (Å²) in [5.74, 6) is 1.76. The topological polar surface area (TPSA) is 83.1 Å². The minimum Gasteiger partial charge on any atom is -0.490 e. The van der Waals surface area contributed by atoms with E-state index in [1.165, 1.54) is 0 Å². The highest BCUT2D eigenvalue weighted by molar-refractivity contribution is 5.51. The molecule has 172 valence electrons. The standard InChI is InChI=1S/C21H34O9/c1-22-21-19-3-2-4-20(21)30-18-16-28-14-12-26-10-8-24-6-5-23-7-9-25-11-13-27-15-17-29-19/h2-4H,5-18H2,1H3. The van der Waals surface area contributed by atoms with Crippen molar-refractivity contribution in [3.63, 3.8) is 0 Å². The molecule has 0 atom stereocenters. The van der Waals surface area contributed by atoms with E-state index in [9.17, 15) is 0 Å². The molecule has 0 saturated carbocycles. The van der Waals surface area contributed by atoms with Crippen LogP contribution in [0.2, 0.25) is 0 Å². The SMILES string of the molecule is COc1c2cccc1OCCOCCOCCOCCOCCOCCOCCO2. The molecule has 0 aliphatic carbocycles. The molecule has 0 fully saturated rings. The highest BCUT2D eigenvalue weighted by atomic mass is 16.6. The molecule has 0 unspecified atom stereocenters. The van der Waals surface area contributed by atoms with Gasteiger partial charge in [-0.3, -0.25) is 0 Å². The average Bonchev–Trinajstić information content (AvgIpc) is 2.76. The molecule has 1 aliphatic rings. The summed E-state index contributed by atoms with van der Waals surface area (Å²) in [4.78, 5) is 0. The van der Waals surface area contributed by atoms with Gasteiger partial charge in [-0.25, -0.2) is 0 Å². The van der Waals surface area contributed by atoms with E-state index in [0.29, 0.717) is 110 Å². The van der Waals surface area contributed by atoms with Crippen molar-refractivity contribution in [1.29, 1.82) is 0 Å². The Kier molecular flexibility index (Phi) is 14.0. The lowest BCUT2D eigenvalue weighted by Crippen LogP contribution is -2.15. The largest absolute Gasteiger partial charge is 0.490 e. The minimum absolute atomic E-state index is 0.395. The third-order valence-electron chi connectivity index (χ3n) is 3.98. The van der Waals surface area contributed by atoms with Crippen LogP contribution in [0.4, 0.5) is 0 Å². The zero-order chi connectivity index (χ0) is 21.1. The van der Waals surface area contributed by atoms with E-state index in [-0.39, 0.29) is 0 Å². The Hall–Kier alpha value is -1.62. The number of benzene rings is 1. The van der Waals surface area contributed by atoms with Gasteiger partial charge in [-0.1, -0.05) is 6.07 Å². The normalized spacial score (nSPS) is 20.0. The van der Waals surface area contributed by atoms with Gasteiger partial charge in [0, 0.05) is 0 Å². The Bertz CT molecular complexity index is 499. The number of hydrogen-bond donors (Lipinski definition) is 0. The molecule has 30 heavy (non-hydrogen) atoms. The molecule has 1 aromatic rings. The number of hydrogen-bond acceptors (Lipinski definition) is 9. The smallest absolute Gasteiger partial charge is 0.203 e. The monoisotopic (exact) mass is 430 g/mol. The van der Waals surface area contributed by atoms with Crippen LogP contribution in [-0.2, 0) is 28.4 Å². The highest BCUT2D eigenvalue weighted by Crippen LogP contribution is 2.36. The first-order chi connectivity index (χ1) is 14.9. The van der Waals surface area contributed by atoms with Gasteiger partial charge in [0.25, 0.3) is 0 Å². The Morgan fingerprint density at radius 3 is 1.10 bits per heavy atom. The molecular formula is C21H34O9. The second kappa shape index (κ2) is 17.1. The van der Waals surface area contributed by atoms with Gasteiger partial charge >= 0.3 is 0 Å². The van der Waals surface area contributed by atoms with E-state index in [4.69, 9.17) is 42.6 Å². The van der Waals surface area contributed by atoms with E-state index in [1.807, 2.05) is 18.2 Å². The number of rotatable bonds is 1. The molecule has 2 rings (SSSR count). The fourth-order valence-corrected chi connectivity index (χ4v) is 2.55. The van der Waals surface area contributed by atoms with Gasteiger partial charge in [-0.2, -0.15) is 0 Å². The van der Waals surface area contributed by atoms with Crippen LogP contribution in [0.15, 0.2) is 18.2 Å². The van der Waals surface area contributed by atoms with Gasteiger partial charge in [0.05, 0.1) is 86.4 Å². The van der Waals surface area contributed by atoms with Gasteiger partial charge in [0.1, 0.15) is 13.2 Å². The van der Waals surface area contributed by atoms with Crippen LogP contribution in [0.3, 0.4) is 0 Å². The molecule has 0 spiro atoms. The Morgan fingerprint density at radius 2 is 0.800 bits per heavy atom. The van der Waals surface area contributed by atoms with Crippen LogP contribution >= 0.6 is 0 Å². The summed E-state index contributed by atoms with van der Waals surface area (Å²) >= 11 is 0. The molecule has 0 radical (unpaired) electrons. The zero-order valence-electron chi connectivity index (χ0n) is 17.8. The van der Waals surface area contributed by atoms with Crippen LogP contribution in [0.5, 0.6) is 17.2 Å². The fraction of sp³-hybridized carbons (Fsp3) is 0.714. The molecule has 2 bridgehead atoms. The first-order valence-corrected chi connectivity index (χ1v) is 10.3. The summed E-state index contributed by atoms with van der Waals surface area (Å²) in [5, 5.41) is 0. The van der Waals surface area contributed by atoms with Gasteiger partial charge < -0.3 is 42.6 Å². The Labute approximate surface area is 178 Å². The number of ether oxygens (including phenoxy) is 9. The third-order valence-corrected chi connectivity index (χ3v) is 3.98. The van der Waals surface area contributed by atoms with Crippen molar-refractivity contribution in [3.8, 4) is 17.2 Å². The molecule has 1 heterocycles. The second-order valence-electron chi connectivity index (χ2n) is 6.16. The molecule has 0 aromatic heterocycles. The van der Waals surface area contributed by atoms with Crippen LogP contribution in [-0.4, -0.2) is 99.6 Å². The highest BCUT2D eigenvalue weighted by Gasteiger charge is 2.11. The summed E-state index contributed by atoms with van der Waals surface area (Å²) in [6, 6.07) is 5.52. The van der Waals surface area contributed by atoms with Crippen LogP contribution in [0.1, 0.15) is 0 Å². The summed E-state index contributed by atoms with van der Waals surface area (Å²) in [5.41, 5.74) is 0. The maximum atomic E-state index is 5.77. The quantitative estimate of drug-likeness (QED) is 0.659. The van der Waals surface area contributed by atoms with Crippen molar-refractivity contribution in [1.82, 2.24) is 0 Å². The number of methoxy groups -OCH3 is 1. The van der Waals surface area contributed by atoms with Crippen molar-refractivity contribution in [2.45, 2.75) is 0 Å². The van der Waals surface area contributed by atoms with Gasteiger partial charge in [-0.05, 0) is 12.1 Å². The van der Waals surface area contributed by atoms with Crippen molar-refractivity contribution < 1.29 is 42.6 Å². The lowest BCUT2D eigenvalue weighted by atomic mass is 10.3. The molecule has 0 saturated heterocycles. The Balaban J connectivity index is 1.76. The molecule has 1 aliphatic heterocycles. The summed E-state index contributed by atoms with van der Waals surface area (Å²) in [7, 11) is 1.58.